The smallest absolute Gasteiger partial charge is 0.254 e. The third-order valence-corrected chi connectivity index (χ3v) is 4.69. The average Bonchev–Trinajstić information content (AvgIpc) is 3.08. The number of hydrogen-bond donors (Lipinski definition) is 1. The number of likely N-dealkylation sites (tertiary alicyclic amines) is 1. The SMILES string of the molecule is CC(=O)NCc1ccc(C(=O)N2CCCC2Cc2ccccc2)cc1. The number of hydrogen-bond acceptors (Lipinski definition) is 2. The maximum absolute atomic E-state index is 12.9. The fourth-order valence-corrected chi connectivity index (χ4v) is 3.36. The number of carbonyl (C=O) groups excluding carboxylic acids is 2. The highest BCUT2D eigenvalue weighted by atomic mass is 16.2. The number of nitrogens with one attached hydrogen (secondary N) is 1. The zero-order chi connectivity index (χ0) is 17.6. The third-order valence-electron chi connectivity index (χ3n) is 4.69. The van der Waals surface area contributed by atoms with E-state index in [1.54, 1.807) is 0 Å². The van der Waals surface area contributed by atoms with Gasteiger partial charge in [0.15, 0.2) is 0 Å². The van der Waals surface area contributed by atoms with Crippen molar-refractivity contribution in [1.29, 1.82) is 0 Å². The van der Waals surface area contributed by atoms with E-state index in [1.807, 2.05) is 47.4 Å². The highest BCUT2D eigenvalue weighted by molar-refractivity contribution is 5.94. The third kappa shape index (κ3) is 4.47. The van der Waals surface area contributed by atoms with Crippen LogP contribution in [0.25, 0.3) is 0 Å². The van der Waals surface area contributed by atoms with Crippen molar-refractivity contribution in [1.82, 2.24) is 10.2 Å². The fraction of sp³-hybridized carbons (Fsp3) is 0.333. The average molecular weight is 336 g/mol. The van der Waals surface area contributed by atoms with Gasteiger partial charge in [0, 0.05) is 31.6 Å². The Morgan fingerprint density at radius 1 is 1.04 bits per heavy atom. The lowest BCUT2D eigenvalue weighted by Crippen LogP contribution is -2.36. The van der Waals surface area contributed by atoms with E-state index in [2.05, 4.69) is 17.4 Å². The fourth-order valence-electron chi connectivity index (χ4n) is 3.36. The van der Waals surface area contributed by atoms with Crippen LogP contribution in [0.1, 0.15) is 41.3 Å². The molecule has 1 heterocycles. The second-order valence-corrected chi connectivity index (χ2v) is 6.59. The van der Waals surface area contributed by atoms with Gasteiger partial charge < -0.3 is 10.2 Å². The normalized spacial score (nSPS) is 16.7. The van der Waals surface area contributed by atoms with E-state index in [-0.39, 0.29) is 17.9 Å². The molecule has 3 rings (SSSR count). The number of amides is 2. The molecule has 2 amide bonds. The Kier molecular flexibility index (Phi) is 5.49. The largest absolute Gasteiger partial charge is 0.352 e. The molecule has 1 aliphatic rings. The summed E-state index contributed by atoms with van der Waals surface area (Å²) in [5, 5.41) is 2.77. The van der Waals surface area contributed by atoms with Crippen LogP contribution in [0.3, 0.4) is 0 Å². The molecule has 1 saturated heterocycles. The van der Waals surface area contributed by atoms with E-state index >= 15 is 0 Å². The van der Waals surface area contributed by atoms with Crippen molar-refractivity contribution >= 4 is 11.8 Å². The van der Waals surface area contributed by atoms with Crippen molar-refractivity contribution < 1.29 is 9.59 Å². The standard InChI is InChI=1S/C21H24N2O2/c1-16(24)22-15-18-9-11-19(12-10-18)21(25)23-13-5-8-20(23)14-17-6-3-2-4-7-17/h2-4,6-7,9-12,20H,5,8,13-15H2,1H3,(H,22,24). The monoisotopic (exact) mass is 336 g/mol. The zero-order valence-corrected chi connectivity index (χ0v) is 14.6. The predicted molar refractivity (Wildman–Crippen MR) is 98.2 cm³/mol. The highest BCUT2D eigenvalue weighted by Gasteiger charge is 2.29. The lowest BCUT2D eigenvalue weighted by Gasteiger charge is -2.25. The Balaban J connectivity index is 1.65. The van der Waals surface area contributed by atoms with Gasteiger partial charge in [-0.05, 0) is 42.5 Å². The molecule has 4 heteroatoms. The van der Waals surface area contributed by atoms with Crippen molar-refractivity contribution in [2.24, 2.45) is 0 Å². The van der Waals surface area contributed by atoms with E-state index < -0.39 is 0 Å². The van der Waals surface area contributed by atoms with E-state index in [4.69, 9.17) is 0 Å². The number of benzene rings is 2. The van der Waals surface area contributed by atoms with Crippen LogP contribution in [0.15, 0.2) is 54.6 Å². The van der Waals surface area contributed by atoms with Gasteiger partial charge in [-0.25, -0.2) is 0 Å². The van der Waals surface area contributed by atoms with E-state index in [0.29, 0.717) is 12.1 Å². The second kappa shape index (κ2) is 7.97. The van der Waals surface area contributed by atoms with E-state index in [0.717, 1.165) is 31.4 Å². The molecule has 0 bridgehead atoms. The van der Waals surface area contributed by atoms with Crippen molar-refractivity contribution in [3.05, 3.63) is 71.3 Å². The summed E-state index contributed by atoms with van der Waals surface area (Å²) >= 11 is 0. The molecule has 0 aromatic heterocycles. The first-order valence-corrected chi connectivity index (χ1v) is 8.82. The molecule has 130 valence electrons. The molecule has 1 unspecified atom stereocenters. The van der Waals surface area contributed by atoms with Crippen molar-refractivity contribution in [3.63, 3.8) is 0 Å². The summed E-state index contributed by atoms with van der Waals surface area (Å²) in [6, 6.07) is 18.2. The molecule has 2 aromatic carbocycles. The molecule has 2 aromatic rings. The Hall–Kier alpha value is -2.62. The summed E-state index contributed by atoms with van der Waals surface area (Å²) < 4.78 is 0. The molecule has 0 saturated carbocycles. The summed E-state index contributed by atoms with van der Waals surface area (Å²) in [6.45, 7) is 2.81. The lowest BCUT2D eigenvalue weighted by atomic mass is 10.0. The lowest BCUT2D eigenvalue weighted by molar-refractivity contribution is -0.119. The van der Waals surface area contributed by atoms with Crippen molar-refractivity contribution in [2.45, 2.75) is 38.8 Å². The van der Waals surface area contributed by atoms with Crippen LogP contribution in [0.4, 0.5) is 0 Å². The van der Waals surface area contributed by atoms with Crippen LogP contribution in [-0.4, -0.2) is 29.3 Å². The van der Waals surface area contributed by atoms with Crippen LogP contribution < -0.4 is 5.32 Å². The first kappa shape index (κ1) is 17.2. The van der Waals surface area contributed by atoms with Gasteiger partial charge in [0.05, 0.1) is 0 Å². The van der Waals surface area contributed by atoms with Gasteiger partial charge >= 0.3 is 0 Å². The Labute approximate surface area is 148 Å². The van der Waals surface area contributed by atoms with Crippen molar-refractivity contribution in [2.75, 3.05) is 6.54 Å². The molecule has 1 fully saturated rings. The first-order chi connectivity index (χ1) is 12.1. The van der Waals surface area contributed by atoms with Gasteiger partial charge in [0.2, 0.25) is 5.91 Å². The van der Waals surface area contributed by atoms with E-state index in [9.17, 15) is 9.59 Å². The summed E-state index contributed by atoms with van der Waals surface area (Å²) in [6.07, 6.45) is 3.03. The molecule has 1 atom stereocenters. The minimum Gasteiger partial charge on any atom is -0.352 e. The van der Waals surface area contributed by atoms with Crippen LogP contribution in [0.2, 0.25) is 0 Å². The second-order valence-electron chi connectivity index (χ2n) is 6.59. The molecule has 1 aliphatic heterocycles. The van der Waals surface area contributed by atoms with E-state index in [1.165, 1.54) is 12.5 Å². The summed E-state index contributed by atoms with van der Waals surface area (Å²) in [5.74, 6) is 0.0467. The van der Waals surface area contributed by atoms with Crippen LogP contribution in [-0.2, 0) is 17.8 Å². The molecular weight excluding hydrogens is 312 g/mol. The summed E-state index contributed by atoms with van der Waals surface area (Å²) in [4.78, 5) is 25.9. The van der Waals surface area contributed by atoms with Gasteiger partial charge in [0.25, 0.3) is 5.91 Å². The minimum absolute atomic E-state index is 0.0547. The summed E-state index contributed by atoms with van der Waals surface area (Å²) in [7, 11) is 0. The molecule has 4 nitrogen and oxygen atoms in total. The maximum Gasteiger partial charge on any atom is 0.254 e. The molecular formula is C21H24N2O2. The van der Waals surface area contributed by atoms with Crippen LogP contribution in [0, 0.1) is 0 Å². The topological polar surface area (TPSA) is 49.4 Å². The van der Waals surface area contributed by atoms with Gasteiger partial charge in [0.1, 0.15) is 0 Å². The maximum atomic E-state index is 12.9. The molecule has 1 N–H and O–H groups in total. The Morgan fingerprint density at radius 2 is 1.76 bits per heavy atom. The Morgan fingerprint density at radius 3 is 2.44 bits per heavy atom. The number of carbonyl (C=O) groups is 2. The van der Waals surface area contributed by atoms with Crippen molar-refractivity contribution in [3.8, 4) is 0 Å². The molecule has 25 heavy (non-hydrogen) atoms. The van der Waals surface area contributed by atoms with Crippen LogP contribution in [0.5, 0.6) is 0 Å². The van der Waals surface area contributed by atoms with Crippen LogP contribution >= 0.6 is 0 Å². The molecule has 0 radical (unpaired) electrons. The zero-order valence-electron chi connectivity index (χ0n) is 14.6. The Bertz CT molecular complexity index is 725. The molecule has 0 aliphatic carbocycles. The molecule has 0 spiro atoms. The predicted octanol–water partition coefficient (Wildman–Crippen LogP) is 3.17. The minimum atomic E-state index is -0.0547. The quantitative estimate of drug-likeness (QED) is 0.912. The summed E-state index contributed by atoms with van der Waals surface area (Å²) in [5.41, 5.74) is 2.98. The first-order valence-electron chi connectivity index (χ1n) is 8.82. The van der Waals surface area contributed by atoms with Gasteiger partial charge in [-0.3, -0.25) is 9.59 Å². The van der Waals surface area contributed by atoms with Gasteiger partial charge in [-0.1, -0.05) is 42.5 Å². The number of nitrogens with zero attached hydrogens (tertiary/aromatic N) is 1. The van der Waals surface area contributed by atoms with Gasteiger partial charge in [-0.15, -0.1) is 0 Å². The van der Waals surface area contributed by atoms with Gasteiger partial charge in [-0.2, -0.15) is 0 Å². The highest BCUT2D eigenvalue weighted by Crippen LogP contribution is 2.23. The number of rotatable bonds is 5.